The van der Waals surface area contributed by atoms with Gasteiger partial charge in [-0.1, -0.05) is 30.0 Å². The van der Waals surface area contributed by atoms with Gasteiger partial charge in [0.2, 0.25) is 0 Å². The number of hydrogen-bond acceptors (Lipinski definition) is 6. The number of thiocarbonyl (C=S) groups is 1. The van der Waals surface area contributed by atoms with Crippen LogP contribution in [0, 0.1) is 17.4 Å². The molecule has 164 valence electrons. The van der Waals surface area contributed by atoms with Crippen molar-refractivity contribution in [1.82, 2.24) is 4.90 Å². The Balaban J connectivity index is 1.68. The van der Waals surface area contributed by atoms with Gasteiger partial charge in [0.15, 0.2) is 11.5 Å². The van der Waals surface area contributed by atoms with E-state index in [4.69, 9.17) is 26.4 Å². The fourth-order valence-corrected chi connectivity index (χ4v) is 5.16. The van der Waals surface area contributed by atoms with Crippen LogP contribution in [-0.2, 0) is 4.79 Å². The van der Waals surface area contributed by atoms with E-state index in [0.29, 0.717) is 40.5 Å². The molecule has 2 aromatic rings. The van der Waals surface area contributed by atoms with E-state index in [1.807, 2.05) is 43.3 Å². The normalized spacial score (nSPS) is 15.0. The van der Waals surface area contributed by atoms with Crippen molar-refractivity contribution in [3.63, 3.8) is 0 Å². The summed E-state index contributed by atoms with van der Waals surface area (Å²) in [6.45, 7) is 7.42. The molecule has 0 aliphatic carbocycles. The Morgan fingerprint density at radius 3 is 2.52 bits per heavy atom. The van der Waals surface area contributed by atoms with Crippen molar-refractivity contribution in [1.29, 1.82) is 0 Å². The lowest BCUT2D eigenvalue weighted by molar-refractivity contribution is -0.121. The van der Waals surface area contributed by atoms with E-state index < -0.39 is 0 Å². The van der Waals surface area contributed by atoms with Crippen LogP contribution in [0.3, 0.4) is 0 Å². The van der Waals surface area contributed by atoms with E-state index in [1.165, 1.54) is 22.9 Å². The van der Waals surface area contributed by atoms with Crippen molar-refractivity contribution in [2.75, 3.05) is 26.9 Å². The van der Waals surface area contributed by atoms with E-state index in [-0.39, 0.29) is 5.91 Å². The van der Waals surface area contributed by atoms with Gasteiger partial charge in [-0.2, -0.15) is 0 Å². The van der Waals surface area contributed by atoms with Crippen LogP contribution < -0.4 is 14.2 Å². The highest BCUT2D eigenvalue weighted by molar-refractivity contribution is 14.1. The average molecular weight is 569 g/mol. The number of ether oxygens (including phenoxy) is 3. The molecule has 1 saturated heterocycles. The van der Waals surface area contributed by atoms with Gasteiger partial charge >= 0.3 is 0 Å². The predicted molar refractivity (Wildman–Crippen MR) is 138 cm³/mol. The summed E-state index contributed by atoms with van der Waals surface area (Å²) in [4.78, 5) is 14.7. The fraction of sp³-hybridized carbons (Fsp3) is 0.304. The van der Waals surface area contributed by atoms with Crippen molar-refractivity contribution < 1.29 is 19.0 Å². The number of methoxy groups -OCH3 is 1. The summed E-state index contributed by atoms with van der Waals surface area (Å²) >= 11 is 8.81. The molecule has 1 heterocycles. The summed E-state index contributed by atoms with van der Waals surface area (Å²) in [7, 11) is 1.60. The van der Waals surface area contributed by atoms with Crippen LogP contribution in [0.5, 0.6) is 17.2 Å². The molecule has 1 fully saturated rings. The van der Waals surface area contributed by atoms with Gasteiger partial charge < -0.3 is 14.2 Å². The Morgan fingerprint density at radius 1 is 1.13 bits per heavy atom. The number of hydrogen-bond donors (Lipinski definition) is 0. The molecule has 0 radical (unpaired) electrons. The number of amides is 1. The molecule has 3 rings (SSSR count). The minimum Gasteiger partial charge on any atom is -0.493 e. The summed E-state index contributed by atoms with van der Waals surface area (Å²) in [5.74, 6) is 2.03. The number of benzene rings is 2. The van der Waals surface area contributed by atoms with Gasteiger partial charge in [0.25, 0.3) is 5.91 Å². The first-order valence-electron chi connectivity index (χ1n) is 9.79. The molecule has 0 bridgehead atoms. The molecular weight excluding hydrogens is 545 g/mol. The van der Waals surface area contributed by atoms with E-state index in [1.54, 1.807) is 12.0 Å². The fourth-order valence-electron chi connectivity index (χ4n) is 2.99. The Hall–Kier alpha value is -1.78. The van der Waals surface area contributed by atoms with Crippen LogP contribution in [0.15, 0.2) is 35.2 Å². The highest BCUT2D eigenvalue weighted by atomic mass is 127. The van der Waals surface area contributed by atoms with Gasteiger partial charge in [-0.3, -0.25) is 9.69 Å². The monoisotopic (exact) mass is 569 g/mol. The molecule has 0 N–H and O–H groups in total. The quantitative estimate of drug-likeness (QED) is 0.179. The Labute approximate surface area is 206 Å². The third-order valence-electron chi connectivity index (χ3n) is 4.82. The van der Waals surface area contributed by atoms with Crippen LogP contribution in [0.4, 0.5) is 0 Å². The largest absolute Gasteiger partial charge is 0.493 e. The number of halogens is 1. The summed E-state index contributed by atoms with van der Waals surface area (Å²) in [5, 5.41) is 0. The SMILES string of the molecule is CCN1C(=O)C(=Cc2cc(I)c(OCCOc3ccc(C)c(C)c3)c(OC)c2)SC1=S. The van der Waals surface area contributed by atoms with Crippen LogP contribution >= 0.6 is 46.6 Å². The molecule has 8 heteroatoms. The molecule has 0 unspecified atom stereocenters. The standard InChI is InChI=1S/C23H24INO4S2/c1-5-25-22(26)20(31-23(25)30)13-16-11-18(24)21(19(12-16)27-4)29-9-8-28-17-7-6-14(2)15(3)10-17/h6-7,10-13H,5,8-9H2,1-4H3. The molecule has 1 amide bonds. The van der Waals surface area contributed by atoms with Crippen molar-refractivity contribution in [2.24, 2.45) is 0 Å². The van der Waals surface area contributed by atoms with Crippen LogP contribution in [0.1, 0.15) is 23.6 Å². The van der Waals surface area contributed by atoms with Gasteiger partial charge in [-0.15, -0.1) is 0 Å². The van der Waals surface area contributed by atoms with Crippen LogP contribution in [0.25, 0.3) is 6.08 Å². The number of nitrogens with zero attached hydrogens (tertiary/aromatic N) is 1. The molecule has 0 aromatic heterocycles. The summed E-state index contributed by atoms with van der Waals surface area (Å²) in [6.07, 6.45) is 1.84. The van der Waals surface area contributed by atoms with Gasteiger partial charge in [-0.05, 0) is 90.4 Å². The van der Waals surface area contributed by atoms with Crippen LogP contribution in [0.2, 0.25) is 0 Å². The molecule has 1 aliphatic rings. The smallest absolute Gasteiger partial charge is 0.266 e. The van der Waals surface area contributed by atoms with E-state index in [0.717, 1.165) is 14.9 Å². The first-order valence-corrected chi connectivity index (χ1v) is 12.1. The minimum atomic E-state index is -0.0599. The van der Waals surface area contributed by atoms with Crippen molar-refractivity contribution >= 4 is 62.9 Å². The average Bonchev–Trinajstić information content (AvgIpc) is 3.00. The molecular formula is C23H24INO4S2. The van der Waals surface area contributed by atoms with Gasteiger partial charge in [0.05, 0.1) is 15.6 Å². The number of carbonyl (C=O) groups is 1. The molecule has 1 aliphatic heterocycles. The molecule has 0 saturated carbocycles. The number of thioether (sulfide) groups is 1. The lowest BCUT2D eigenvalue weighted by atomic mass is 10.1. The van der Waals surface area contributed by atoms with Gasteiger partial charge in [0, 0.05) is 6.54 Å². The second kappa shape index (κ2) is 10.7. The number of aryl methyl sites for hydroxylation is 2. The maximum Gasteiger partial charge on any atom is 0.266 e. The van der Waals surface area contributed by atoms with E-state index in [2.05, 4.69) is 36.4 Å². The number of likely N-dealkylation sites (N-methyl/N-ethyl adjacent to an activating group) is 1. The Bertz CT molecular complexity index is 1040. The molecule has 31 heavy (non-hydrogen) atoms. The topological polar surface area (TPSA) is 48.0 Å². The van der Waals surface area contributed by atoms with Gasteiger partial charge in [-0.25, -0.2) is 0 Å². The summed E-state index contributed by atoms with van der Waals surface area (Å²) in [6, 6.07) is 9.85. The zero-order valence-corrected chi connectivity index (χ0v) is 21.7. The maximum atomic E-state index is 12.5. The highest BCUT2D eigenvalue weighted by Crippen LogP contribution is 2.37. The zero-order chi connectivity index (χ0) is 22.5. The molecule has 0 spiro atoms. The van der Waals surface area contributed by atoms with Crippen molar-refractivity contribution in [2.45, 2.75) is 20.8 Å². The second-order valence-corrected chi connectivity index (χ2v) is 9.74. The van der Waals surface area contributed by atoms with E-state index >= 15 is 0 Å². The first-order chi connectivity index (χ1) is 14.8. The lowest BCUT2D eigenvalue weighted by Crippen LogP contribution is -2.27. The first kappa shape index (κ1) is 23.9. The molecule has 5 nitrogen and oxygen atoms in total. The number of rotatable bonds is 8. The zero-order valence-electron chi connectivity index (χ0n) is 17.9. The summed E-state index contributed by atoms with van der Waals surface area (Å²) in [5.41, 5.74) is 3.29. The molecule has 2 aromatic carbocycles. The third kappa shape index (κ3) is 5.72. The molecule has 0 atom stereocenters. The van der Waals surface area contributed by atoms with Gasteiger partial charge in [0.1, 0.15) is 23.3 Å². The van der Waals surface area contributed by atoms with Crippen molar-refractivity contribution in [3.05, 3.63) is 55.5 Å². The Morgan fingerprint density at radius 2 is 1.87 bits per heavy atom. The predicted octanol–water partition coefficient (Wildman–Crippen LogP) is 5.60. The Kier molecular flexibility index (Phi) is 8.23. The summed E-state index contributed by atoms with van der Waals surface area (Å²) < 4.78 is 18.8. The second-order valence-electron chi connectivity index (χ2n) is 6.90. The number of carbonyl (C=O) groups excluding carboxylic acids is 1. The highest BCUT2D eigenvalue weighted by Gasteiger charge is 2.30. The third-order valence-corrected chi connectivity index (χ3v) is 7.00. The van der Waals surface area contributed by atoms with Crippen molar-refractivity contribution in [3.8, 4) is 17.2 Å². The maximum absolute atomic E-state index is 12.5. The van der Waals surface area contributed by atoms with E-state index in [9.17, 15) is 4.79 Å². The van der Waals surface area contributed by atoms with Crippen LogP contribution in [-0.4, -0.2) is 42.0 Å². The minimum absolute atomic E-state index is 0.0599. The lowest BCUT2D eigenvalue weighted by Gasteiger charge is -2.14.